The van der Waals surface area contributed by atoms with E-state index in [1.807, 2.05) is 6.92 Å². The number of rotatable bonds is 7. The van der Waals surface area contributed by atoms with Crippen LogP contribution >= 0.6 is 0 Å². The molecule has 0 aromatic carbocycles. The number of carboxylic acid groups (broad SMARTS) is 1. The zero-order valence-corrected chi connectivity index (χ0v) is 10.9. The molecular weight excluding hydrogens is 250 g/mol. The third-order valence-electron chi connectivity index (χ3n) is 2.43. The van der Waals surface area contributed by atoms with Crippen LogP contribution in [0.5, 0.6) is 0 Å². The second-order valence-corrected chi connectivity index (χ2v) is 3.98. The van der Waals surface area contributed by atoms with Crippen molar-refractivity contribution in [2.75, 3.05) is 12.4 Å². The van der Waals surface area contributed by atoms with Gasteiger partial charge in [-0.05, 0) is 12.5 Å². The average Bonchev–Trinajstić information content (AvgIpc) is 2.37. The van der Waals surface area contributed by atoms with Gasteiger partial charge in [0.2, 0.25) is 5.82 Å². The largest absolute Gasteiger partial charge is 0.481 e. The molecule has 0 fully saturated rings. The Morgan fingerprint density at radius 3 is 2.84 bits per heavy atom. The maximum Gasteiger partial charge on any atom is 0.376 e. The zero-order chi connectivity index (χ0) is 14.3. The standard InChI is InChI=1S/C12H17N3O4/c1-3-4-8(7-10(16)17)14-9-5-6-13-11(15-9)12(18)19-2/h5-6,8H,3-4,7H2,1-2H3,(H,16,17)(H,13,14,15). The predicted octanol–water partition coefficient (Wildman–Crippen LogP) is 1.32. The summed E-state index contributed by atoms with van der Waals surface area (Å²) >= 11 is 0. The summed E-state index contributed by atoms with van der Waals surface area (Å²) in [5, 5.41) is 11.8. The number of esters is 1. The minimum atomic E-state index is -0.881. The molecule has 0 radical (unpaired) electrons. The smallest absolute Gasteiger partial charge is 0.376 e. The van der Waals surface area contributed by atoms with E-state index < -0.39 is 11.9 Å². The Labute approximate surface area is 111 Å². The number of carbonyl (C=O) groups is 2. The fourth-order valence-corrected chi connectivity index (χ4v) is 1.62. The average molecular weight is 267 g/mol. The summed E-state index contributed by atoms with van der Waals surface area (Å²) in [4.78, 5) is 29.8. The molecule has 0 aliphatic carbocycles. The quantitative estimate of drug-likeness (QED) is 0.718. The molecule has 0 saturated carbocycles. The van der Waals surface area contributed by atoms with Crippen LogP contribution in [0.3, 0.4) is 0 Å². The summed E-state index contributed by atoms with van der Waals surface area (Å²) in [6.45, 7) is 1.97. The second-order valence-electron chi connectivity index (χ2n) is 3.98. The van der Waals surface area contributed by atoms with Crippen molar-refractivity contribution in [3.63, 3.8) is 0 Å². The van der Waals surface area contributed by atoms with Crippen molar-refractivity contribution in [2.45, 2.75) is 32.2 Å². The molecule has 0 aliphatic rings. The Kier molecular flexibility index (Phi) is 5.72. The predicted molar refractivity (Wildman–Crippen MR) is 67.9 cm³/mol. The van der Waals surface area contributed by atoms with Gasteiger partial charge in [0.1, 0.15) is 5.82 Å². The van der Waals surface area contributed by atoms with Crippen molar-refractivity contribution in [1.82, 2.24) is 9.97 Å². The first-order chi connectivity index (χ1) is 9.06. The van der Waals surface area contributed by atoms with Gasteiger partial charge in [0.05, 0.1) is 13.5 Å². The van der Waals surface area contributed by atoms with Crippen molar-refractivity contribution < 1.29 is 19.4 Å². The van der Waals surface area contributed by atoms with Gasteiger partial charge in [-0.15, -0.1) is 0 Å². The Bertz CT molecular complexity index is 450. The van der Waals surface area contributed by atoms with E-state index in [4.69, 9.17) is 5.11 Å². The van der Waals surface area contributed by atoms with Crippen molar-refractivity contribution in [1.29, 1.82) is 0 Å². The van der Waals surface area contributed by atoms with Crippen LogP contribution in [0.25, 0.3) is 0 Å². The molecule has 1 unspecified atom stereocenters. The molecule has 7 nitrogen and oxygen atoms in total. The van der Waals surface area contributed by atoms with Crippen molar-refractivity contribution in [3.05, 3.63) is 18.1 Å². The lowest BCUT2D eigenvalue weighted by atomic mass is 10.1. The topological polar surface area (TPSA) is 101 Å². The van der Waals surface area contributed by atoms with E-state index in [0.717, 1.165) is 6.42 Å². The van der Waals surface area contributed by atoms with E-state index in [1.54, 1.807) is 6.07 Å². The van der Waals surface area contributed by atoms with Crippen molar-refractivity contribution in [3.8, 4) is 0 Å². The number of aromatic nitrogens is 2. The fraction of sp³-hybridized carbons (Fsp3) is 0.500. The first-order valence-electron chi connectivity index (χ1n) is 5.96. The highest BCUT2D eigenvalue weighted by Gasteiger charge is 2.14. The van der Waals surface area contributed by atoms with Crippen LogP contribution in [0, 0.1) is 0 Å². The molecule has 1 aromatic heterocycles. The minimum Gasteiger partial charge on any atom is -0.481 e. The van der Waals surface area contributed by atoms with Crippen LogP contribution in [0.1, 0.15) is 36.8 Å². The van der Waals surface area contributed by atoms with E-state index in [2.05, 4.69) is 20.0 Å². The van der Waals surface area contributed by atoms with Crippen LogP contribution in [0.15, 0.2) is 12.3 Å². The number of nitrogens with one attached hydrogen (secondary N) is 1. The number of carboxylic acids is 1. The lowest BCUT2D eigenvalue weighted by molar-refractivity contribution is -0.137. The lowest BCUT2D eigenvalue weighted by Crippen LogP contribution is -2.24. The Balaban J connectivity index is 2.78. The fourth-order valence-electron chi connectivity index (χ4n) is 1.62. The molecule has 7 heteroatoms. The van der Waals surface area contributed by atoms with Gasteiger partial charge in [0, 0.05) is 12.2 Å². The van der Waals surface area contributed by atoms with E-state index in [-0.39, 0.29) is 18.3 Å². The monoisotopic (exact) mass is 267 g/mol. The third-order valence-corrected chi connectivity index (χ3v) is 2.43. The molecule has 0 amide bonds. The van der Waals surface area contributed by atoms with Crippen LogP contribution in [0.4, 0.5) is 5.82 Å². The number of nitrogens with zero attached hydrogens (tertiary/aromatic N) is 2. The molecular formula is C12H17N3O4. The molecule has 1 heterocycles. The van der Waals surface area contributed by atoms with Gasteiger partial charge in [-0.3, -0.25) is 4.79 Å². The van der Waals surface area contributed by atoms with E-state index >= 15 is 0 Å². The number of ether oxygens (including phenoxy) is 1. The van der Waals surface area contributed by atoms with E-state index in [0.29, 0.717) is 12.2 Å². The number of hydrogen-bond acceptors (Lipinski definition) is 6. The first-order valence-corrected chi connectivity index (χ1v) is 5.96. The van der Waals surface area contributed by atoms with Crippen LogP contribution in [0.2, 0.25) is 0 Å². The Hall–Kier alpha value is -2.18. The Morgan fingerprint density at radius 1 is 1.53 bits per heavy atom. The van der Waals surface area contributed by atoms with Gasteiger partial charge in [0.25, 0.3) is 0 Å². The third kappa shape index (κ3) is 4.90. The highest BCUT2D eigenvalue weighted by atomic mass is 16.5. The molecule has 0 bridgehead atoms. The number of carbonyl (C=O) groups excluding carboxylic acids is 1. The molecule has 2 N–H and O–H groups in total. The number of methoxy groups -OCH3 is 1. The van der Waals surface area contributed by atoms with Crippen LogP contribution < -0.4 is 5.32 Å². The molecule has 19 heavy (non-hydrogen) atoms. The van der Waals surface area contributed by atoms with Crippen LogP contribution in [-0.2, 0) is 9.53 Å². The summed E-state index contributed by atoms with van der Waals surface area (Å²) in [6.07, 6.45) is 2.96. The highest BCUT2D eigenvalue weighted by molar-refractivity contribution is 5.85. The summed E-state index contributed by atoms with van der Waals surface area (Å²) in [5.74, 6) is -1.16. The maximum absolute atomic E-state index is 11.3. The molecule has 104 valence electrons. The van der Waals surface area contributed by atoms with Crippen LogP contribution in [-0.4, -0.2) is 40.2 Å². The van der Waals surface area contributed by atoms with Gasteiger partial charge >= 0.3 is 11.9 Å². The summed E-state index contributed by atoms with van der Waals surface area (Å²) in [7, 11) is 1.25. The maximum atomic E-state index is 11.3. The summed E-state index contributed by atoms with van der Waals surface area (Å²) in [5.41, 5.74) is 0. The van der Waals surface area contributed by atoms with Crippen molar-refractivity contribution >= 4 is 17.8 Å². The van der Waals surface area contributed by atoms with Crippen molar-refractivity contribution in [2.24, 2.45) is 0 Å². The second kappa shape index (κ2) is 7.30. The molecule has 1 rings (SSSR count). The molecule has 0 saturated heterocycles. The molecule has 0 spiro atoms. The van der Waals surface area contributed by atoms with Gasteiger partial charge < -0.3 is 15.2 Å². The first kappa shape index (κ1) is 14.9. The van der Waals surface area contributed by atoms with E-state index in [9.17, 15) is 9.59 Å². The summed E-state index contributed by atoms with van der Waals surface area (Å²) < 4.78 is 4.52. The van der Waals surface area contributed by atoms with Gasteiger partial charge in [0.15, 0.2) is 0 Å². The minimum absolute atomic E-state index is 0.00853. The lowest BCUT2D eigenvalue weighted by Gasteiger charge is -2.16. The number of anilines is 1. The van der Waals surface area contributed by atoms with Gasteiger partial charge in [-0.1, -0.05) is 13.3 Å². The van der Waals surface area contributed by atoms with E-state index in [1.165, 1.54) is 13.3 Å². The number of hydrogen-bond donors (Lipinski definition) is 2. The van der Waals surface area contributed by atoms with Gasteiger partial charge in [-0.2, -0.15) is 0 Å². The molecule has 0 aliphatic heterocycles. The van der Waals surface area contributed by atoms with Gasteiger partial charge in [-0.25, -0.2) is 14.8 Å². The SMILES string of the molecule is CCCC(CC(=O)O)Nc1ccnc(C(=O)OC)n1. The zero-order valence-electron chi connectivity index (χ0n) is 10.9. The summed E-state index contributed by atoms with van der Waals surface area (Å²) in [6, 6.07) is 1.35. The molecule has 1 aromatic rings. The normalized spacial score (nSPS) is 11.7. The molecule has 1 atom stereocenters. The number of aliphatic carboxylic acids is 1. The Morgan fingerprint density at radius 2 is 2.26 bits per heavy atom. The highest BCUT2D eigenvalue weighted by Crippen LogP contribution is 2.11.